The number of methoxy groups -OCH3 is 2. The Bertz CT molecular complexity index is 854. The van der Waals surface area contributed by atoms with Gasteiger partial charge in [-0.25, -0.2) is 0 Å². The first-order valence-corrected chi connectivity index (χ1v) is 8.11. The molecule has 0 atom stereocenters. The highest BCUT2D eigenvalue weighted by Crippen LogP contribution is 2.27. The van der Waals surface area contributed by atoms with Crippen molar-refractivity contribution < 1.29 is 19.1 Å². The predicted octanol–water partition coefficient (Wildman–Crippen LogP) is 2.98. The number of nitrogens with zero attached hydrogens (tertiary/aromatic N) is 1. The Morgan fingerprint density at radius 3 is 2.31 bits per heavy atom. The SMILES string of the molecule is C=CC(=O)N1Cc2ccc(NC(=O)c3cc(OC)cc(OC)c3)cc2C1. The molecule has 0 unspecified atom stereocenters. The summed E-state index contributed by atoms with van der Waals surface area (Å²) in [5.74, 6) is 0.721. The number of hydrogen-bond donors (Lipinski definition) is 1. The number of amides is 2. The highest BCUT2D eigenvalue weighted by atomic mass is 16.5. The highest BCUT2D eigenvalue weighted by molar-refractivity contribution is 6.04. The number of anilines is 1. The largest absolute Gasteiger partial charge is 0.497 e. The van der Waals surface area contributed by atoms with Crippen LogP contribution in [0.1, 0.15) is 21.5 Å². The van der Waals surface area contributed by atoms with Crippen LogP contribution in [0.4, 0.5) is 5.69 Å². The van der Waals surface area contributed by atoms with Crippen LogP contribution in [-0.4, -0.2) is 30.9 Å². The van der Waals surface area contributed by atoms with Crippen molar-refractivity contribution in [1.29, 1.82) is 0 Å². The number of rotatable bonds is 5. The van der Waals surface area contributed by atoms with Gasteiger partial charge in [-0.2, -0.15) is 0 Å². The summed E-state index contributed by atoms with van der Waals surface area (Å²) in [5, 5.41) is 2.87. The van der Waals surface area contributed by atoms with Gasteiger partial charge in [-0.05, 0) is 41.5 Å². The minimum atomic E-state index is -0.265. The Labute approximate surface area is 152 Å². The highest BCUT2D eigenvalue weighted by Gasteiger charge is 2.22. The first kappa shape index (κ1) is 17.5. The molecule has 0 bridgehead atoms. The summed E-state index contributed by atoms with van der Waals surface area (Å²) in [6, 6.07) is 10.6. The molecule has 0 radical (unpaired) electrons. The van der Waals surface area contributed by atoms with Crippen LogP contribution < -0.4 is 14.8 Å². The van der Waals surface area contributed by atoms with Crippen molar-refractivity contribution in [3.05, 3.63) is 65.7 Å². The summed E-state index contributed by atoms with van der Waals surface area (Å²) in [5.41, 5.74) is 3.19. The van der Waals surface area contributed by atoms with Crippen molar-refractivity contribution in [3.8, 4) is 11.5 Å². The maximum Gasteiger partial charge on any atom is 0.255 e. The van der Waals surface area contributed by atoms with Crippen LogP contribution in [0, 0.1) is 0 Å². The third kappa shape index (κ3) is 3.54. The molecule has 2 aromatic rings. The molecule has 0 aliphatic carbocycles. The van der Waals surface area contributed by atoms with Gasteiger partial charge < -0.3 is 19.7 Å². The van der Waals surface area contributed by atoms with Gasteiger partial charge >= 0.3 is 0 Å². The van der Waals surface area contributed by atoms with Crippen LogP contribution in [0.15, 0.2) is 49.1 Å². The molecule has 1 aliphatic rings. The molecule has 6 heteroatoms. The van der Waals surface area contributed by atoms with Crippen molar-refractivity contribution >= 4 is 17.5 Å². The zero-order valence-corrected chi connectivity index (χ0v) is 14.7. The average molecular weight is 352 g/mol. The molecule has 0 fully saturated rings. The van der Waals surface area contributed by atoms with Crippen LogP contribution >= 0.6 is 0 Å². The van der Waals surface area contributed by atoms with Crippen molar-refractivity contribution in [2.45, 2.75) is 13.1 Å². The fourth-order valence-electron chi connectivity index (χ4n) is 2.90. The summed E-state index contributed by atoms with van der Waals surface area (Å²) in [6.45, 7) is 4.59. The fourth-order valence-corrected chi connectivity index (χ4v) is 2.90. The summed E-state index contributed by atoms with van der Waals surface area (Å²) in [7, 11) is 3.07. The smallest absolute Gasteiger partial charge is 0.255 e. The van der Waals surface area contributed by atoms with Gasteiger partial charge in [0.2, 0.25) is 5.91 Å². The number of ether oxygens (including phenoxy) is 2. The van der Waals surface area contributed by atoms with Crippen molar-refractivity contribution in [1.82, 2.24) is 4.90 Å². The standard InChI is InChI=1S/C20H20N2O4/c1-4-19(23)22-11-13-5-6-16(7-15(13)12-22)21-20(24)14-8-17(25-2)10-18(9-14)26-3/h4-10H,1,11-12H2,2-3H3,(H,21,24). The Kier molecular flexibility index (Phi) is 4.93. The van der Waals surface area contributed by atoms with E-state index in [9.17, 15) is 9.59 Å². The van der Waals surface area contributed by atoms with Crippen molar-refractivity contribution in [3.63, 3.8) is 0 Å². The van der Waals surface area contributed by atoms with Gasteiger partial charge in [-0.1, -0.05) is 12.6 Å². The fraction of sp³-hybridized carbons (Fsp3) is 0.200. The lowest BCUT2D eigenvalue weighted by Gasteiger charge is -2.11. The van der Waals surface area contributed by atoms with Gasteiger partial charge in [0.05, 0.1) is 14.2 Å². The maximum absolute atomic E-state index is 12.6. The number of hydrogen-bond acceptors (Lipinski definition) is 4. The molecular formula is C20H20N2O4. The van der Waals surface area contributed by atoms with E-state index in [4.69, 9.17) is 9.47 Å². The van der Waals surface area contributed by atoms with Crippen molar-refractivity contribution in [2.75, 3.05) is 19.5 Å². The third-order valence-corrected chi connectivity index (χ3v) is 4.29. The van der Waals surface area contributed by atoms with E-state index in [0.29, 0.717) is 35.8 Å². The minimum Gasteiger partial charge on any atom is -0.497 e. The zero-order valence-electron chi connectivity index (χ0n) is 14.7. The first-order chi connectivity index (χ1) is 12.5. The third-order valence-electron chi connectivity index (χ3n) is 4.29. The van der Waals surface area contributed by atoms with E-state index in [1.54, 1.807) is 23.1 Å². The summed E-state index contributed by atoms with van der Waals surface area (Å²) >= 11 is 0. The van der Waals surface area contributed by atoms with E-state index in [2.05, 4.69) is 11.9 Å². The van der Waals surface area contributed by atoms with Gasteiger partial charge in [0.15, 0.2) is 0 Å². The Hall–Kier alpha value is -3.28. The monoisotopic (exact) mass is 352 g/mol. The van der Waals surface area contributed by atoms with Gasteiger partial charge in [0, 0.05) is 30.4 Å². The lowest BCUT2D eigenvalue weighted by Crippen LogP contribution is -2.22. The zero-order chi connectivity index (χ0) is 18.7. The number of carbonyl (C=O) groups excluding carboxylic acids is 2. The van der Waals surface area contributed by atoms with Crippen LogP contribution in [0.5, 0.6) is 11.5 Å². The number of nitrogens with one attached hydrogen (secondary N) is 1. The van der Waals surface area contributed by atoms with E-state index in [0.717, 1.165) is 11.1 Å². The maximum atomic E-state index is 12.6. The summed E-state index contributed by atoms with van der Waals surface area (Å²) in [6.07, 6.45) is 1.31. The average Bonchev–Trinajstić information content (AvgIpc) is 3.10. The number of carbonyl (C=O) groups is 2. The van der Waals surface area contributed by atoms with Crippen LogP contribution in [0.3, 0.4) is 0 Å². The molecule has 134 valence electrons. The molecule has 3 rings (SSSR count). The molecule has 1 N–H and O–H groups in total. The lowest BCUT2D eigenvalue weighted by molar-refractivity contribution is -0.126. The van der Waals surface area contributed by atoms with E-state index >= 15 is 0 Å². The normalized spacial score (nSPS) is 12.3. The van der Waals surface area contributed by atoms with Gasteiger partial charge in [0.25, 0.3) is 5.91 Å². The Morgan fingerprint density at radius 2 is 1.69 bits per heavy atom. The Balaban J connectivity index is 1.78. The van der Waals surface area contributed by atoms with Crippen LogP contribution in [0.2, 0.25) is 0 Å². The second-order valence-corrected chi connectivity index (χ2v) is 5.94. The van der Waals surface area contributed by atoms with E-state index in [-0.39, 0.29) is 11.8 Å². The second-order valence-electron chi connectivity index (χ2n) is 5.94. The summed E-state index contributed by atoms with van der Waals surface area (Å²) in [4.78, 5) is 26.0. The first-order valence-electron chi connectivity index (χ1n) is 8.11. The lowest BCUT2D eigenvalue weighted by atomic mass is 10.1. The van der Waals surface area contributed by atoms with Crippen molar-refractivity contribution in [2.24, 2.45) is 0 Å². The van der Waals surface area contributed by atoms with E-state index in [1.807, 2.05) is 18.2 Å². The molecule has 2 amide bonds. The molecule has 1 aliphatic heterocycles. The van der Waals surface area contributed by atoms with Crippen LogP contribution in [0.25, 0.3) is 0 Å². The number of fused-ring (bicyclic) bond motifs is 1. The quantitative estimate of drug-likeness (QED) is 0.840. The van der Waals surface area contributed by atoms with Crippen LogP contribution in [-0.2, 0) is 17.9 Å². The molecule has 0 spiro atoms. The second kappa shape index (κ2) is 7.31. The molecule has 1 heterocycles. The molecule has 0 saturated carbocycles. The topological polar surface area (TPSA) is 67.9 Å². The summed E-state index contributed by atoms with van der Waals surface area (Å²) < 4.78 is 10.4. The molecule has 26 heavy (non-hydrogen) atoms. The Morgan fingerprint density at radius 1 is 1.04 bits per heavy atom. The molecule has 2 aromatic carbocycles. The molecule has 0 saturated heterocycles. The number of benzene rings is 2. The molecule has 6 nitrogen and oxygen atoms in total. The van der Waals surface area contributed by atoms with Gasteiger partial charge in [0.1, 0.15) is 11.5 Å². The molecular weight excluding hydrogens is 332 g/mol. The predicted molar refractivity (Wildman–Crippen MR) is 98.4 cm³/mol. The van der Waals surface area contributed by atoms with Gasteiger partial charge in [-0.15, -0.1) is 0 Å². The van der Waals surface area contributed by atoms with E-state index in [1.165, 1.54) is 20.3 Å². The van der Waals surface area contributed by atoms with E-state index < -0.39 is 0 Å². The van der Waals surface area contributed by atoms with Gasteiger partial charge in [-0.3, -0.25) is 9.59 Å². The molecule has 0 aromatic heterocycles. The minimum absolute atomic E-state index is 0.102.